The average Bonchev–Trinajstić information content (AvgIpc) is 3.16. The first-order chi connectivity index (χ1) is 15.7. The third kappa shape index (κ3) is 5.16. The third-order valence-electron chi connectivity index (χ3n) is 5.12. The lowest BCUT2D eigenvalue weighted by atomic mass is 10.1. The number of amides is 1. The Morgan fingerprint density at radius 3 is 2.42 bits per heavy atom. The van der Waals surface area contributed by atoms with Gasteiger partial charge in [0.1, 0.15) is 17.4 Å². The Kier molecular flexibility index (Phi) is 6.08. The summed E-state index contributed by atoms with van der Waals surface area (Å²) in [6.07, 6.45) is -3.43. The standard InChI is InChI=1S/C23H21F3N4O3/c1-13(31)28-16-7-8-19(20(11-16)32-2)29-22-27-12-18(23(24,25)26)21(30-22)33-17-9-14-5-3-4-6-15(14)10-17/h3-8,11-12,17H,9-10H2,1-2H3,(H,28,31)(H,27,29,30). The van der Waals surface area contributed by atoms with Crippen molar-refractivity contribution in [2.24, 2.45) is 0 Å². The highest BCUT2D eigenvalue weighted by atomic mass is 19.4. The van der Waals surface area contributed by atoms with Crippen LogP contribution in [0.3, 0.4) is 0 Å². The number of nitrogens with zero attached hydrogens (tertiary/aromatic N) is 2. The summed E-state index contributed by atoms with van der Waals surface area (Å²) in [5, 5.41) is 5.49. The summed E-state index contributed by atoms with van der Waals surface area (Å²) in [4.78, 5) is 19.1. The molecule has 172 valence electrons. The van der Waals surface area contributed by atoms with E-state index in [9.17, 15) is 18.0 Å². The molecule has 4 rings (SSSR count). The number of methoxy groups -OCH3 is 1. The number of carbonyl (C=O) groups is 1. The number of anilines is 3. The second-order valence-corrected chi connectivity index (χ2v) is 7.55. The van der Waals surface area contributed by atoms with Crippen LogP contribution in [0.15, 0.2) is 48.7 Å². The predicted molar refractivity (Wildman–Crippen MR) is 116 cm³/mol. The molecule has 0 saturated heterocycles. The van der Waals surface area contributed by atoms with Gasteiger partial charge in [0.25, 0.3) is 0 Å². The van der Waals surface area contributed by atoms with Crippen molar-refractivity contribution in [3.05, 3.63) is 65.4 Å². The maximum Gasteiger partial charge on any atom is 0.423 e. The van der Waals surface area contributed by atoms with Gasteiger partial charge in [0.2, 0.25) is 17.7 Å². The molecule has 0 spiro atoms. The molecule has 1 amide bonds. The zero-order valence-electron chi connectivity index (χ0n) is 17.9. The number of fused-ring (bicyclic) bond motifs is 1. The Hall–Kier alpha value is -3.82. The summed E-state index contributed by atoms with van der Waals surface area (Å²) >= 11 is 0. The maximum atomic E-state index is 13.6. The van der Waals surface area contributed by atoms with Crippen LogP contribution in [0.4, 0.5) is 30.5 Å². The van der Waals surface area contributed by atoms with Crippen molar-refractivity contribution in [3.63, 3.8) is 0 Å². The van der Waals surface area contributed by atoms with E-state index in [2.05, 4.69) is 20.6 Å². The molecule has 33 heavy (non-hydrogen) atoms. The first kappa shape index (κ1) is 22.4. The fourth-order valence-corrected chi connectivity index (χ4v) is 3.67. The first-order valence-corrected chi connectivity index (χ1v) is 10.1. The van der Waals surface area contributed by atoms with Crippen LogP contribution < -0.4 is 20.1 Å². The molecule has 1 aromatic heterocycles. The van der Waals surface area contributed by atoms with Crippen molar-refractivity contribution < 1.29 is 27.4 Å². The van der Waals surface area contributed by atoms with E-state index in [0.717, 1.165) is 11.1 Å². The van der Waals surface area contributed by atoms with Crippen molar-refractivity contribution in [3.8, 4) is 11.6 Å². The van der Waals surface area contributed by atoms with Crippen LogP contribution in [-0.4, -0.2) is 29.1 Å². The zero-order chi connectivity index (χ0) is 23.6. The van der Waals surface area contributed by atoms with Gasteiger partial charge in [0, 0.05) is 37.7 Å². The second-order valence-electron chi connectivity index (χ2n) is 7.55. The minimum Gasteiger partial charge on any atom is -0.494 e. The number of nitrogens with one attached hydrogen (secondary N) is 2. The molecule has 1 aliphatic rings. The molecular weight excluding hydrogens is 437 g/mol. The van der Waals surface area contributed by atoms with Crippen LogP contribution in [0.5, 0.6) is 11.6 Å². The van der Waals surface area contributed by atoms with Crippen molar-refractivity contribution >= 4 is 23.2 Å². The SMILES string of the molecule is COc1cc(NC(C)=O)ccc1Nc1ncc(C(F)(F)F)c(OC2Cc3ccccc3C2)n1. The number of aromatic nitrogens is 2. The summed E-state index contributed by atoms with van der Waals surface area (Å²) in [6.45, 7) is 1.37. The Bertz CT molecular complexity index is 1160. The number of rotatable bonds is 6. The number of hydrogen-bond donors (Lipinski definition) is 2. The highest BCUT2D eigenvalue weighted by Gasteiger charge is 2.37. The predicted octanol–water partition coefficient (Wildman–Crippen LogP) is 4.75. The van der Waals surface area contributed by atoms with Crippen LogP contribution >= 0.6 is 0 Å². The van der Waals surface area contributed by atoms with Gasteiger partial charge in [-0.3, -0.25) is 4.79 Å². The summed E-state index contributed by atoms with van der Waals surface area (Å²) < 4.78 is 51.8. The second kappa shape index (κ2) is 8.97. The minimum atomic E-state index is -4.67. The van der Waals surface area contributed by atoms with Gasteiger partial charge in [-0.1, -0.05) is 24.3 Å². The molecule has 0 unspecified atom stereocenters. The minimum absolute atomic E-state index is 0.0842. The highest BCUT2D eigenvalue weighted by Crippen LogP contribution is 2.37. The first-order valence-electron chi connectivity index (χ1n) is 10.1. The number of benzene rings is 2. The largest absolute Gasteiger partial charge is 0.494 e. The van der Waals surface area contributed by atoms with Crippen LogP contribution in [0.25, 0.3) is 0 Å². The Balaban J connectivity index is 1.60. The van der Waals surface area contributed by atoms with Gasteiger partial charge >= 0.3 is 6.18 Å². The van der Waals surface area contributed by atoms with Crippen LogP contribution in [0.1, 0.15) is 23.6 Å². The Labute approximate surface area is 188 Å². The van der Waals surface area contributed by atoms with E-state index in [0.29, 0.717) is 36.2 Å². The third-order valence-corrected chi connectivity index (χ3v) is 5.12. The molecule has 0 aliphatic heterocycles. The zero-order valence-corrected chi connectivity index (χ0v) is 17.9. The molecule has 0 bridgehead atoms. The molecule has 0 atom stereocenters. The maximum absolute atomic E-state index is 13.6. The van der Waals surface area contributed by atoms with E-state index in [1.54, 1.807) is 18.2 Å². The monoisotopic (exact) mass is 458 g/mol. The quantitative estimate of drug-likeness (QED) is 0.555. The fraction of sp³-hybridized carbons (Fsp3) is 0.261. The molecule has 0 saturated carbocycles. The molecule has 0 radical (unpaired) electrons. The van der Waals surface area contributed by atoms with Crippen molar-refractivity contribution in [2.75, 3.05) is 17.7 Å². The van der Waals surface area contributed by atoms with Gasteiger partial charge < -0.3 is 20.1 Å². The number of carbonyl (C=O) groups excluding carboxylic acids is 1. The summed E-state index contributed by atoms with van der Waals surface area (Å²) in [5.74, 6) is -0.524. The molecule has 7 nitrogen and oxygen atoms in total. The topological polar surface area (TPSA) is 85.4 Å². The average molecular weight is 458 g/mol. The molecule has 1 aliphatic carbocycles. The van der Waals surface area contributed by atoms with Gasteiger partial charge in [-0.25, -0.2) is 4.98 Å². The van der Waals surface area contributed by atoms with Gasteiger partial charge in [-0.2, -0.15) is 18.2 Å². The van der Waals surface area contributed by atoms with E-state index in [-0.39, 0.29) is 11.9 Å². The lowest BCUT2D eigenvalue weighted by Crippen LogP contribution is -2.21. The van der Waals surface area contributed by atoms with Crippen LogP contribution in [0, 0.1) is 0 Å². The molecule has 2 N–H and O–H groups in total. The molecular formula is C23H21F3N4O3. The van der Waals surface area contributed by atoms with E-state index in [4.69, 9.17) is 9.47 Å². The Morgan fingerprint density at radius 1 is 1.12 bits per heavy atom. The van der Waals surface area contributed by atoms with Gasteiger partial charge in [0.05, 0.1) is 12.8 Å². The summed E-state index contributed by atoms with van der Waals surface area (Å²) in [7, 11) is 1.43. The van der Waals surface area contributed by atoms with Crippen LogP contribution in [0.2, 0.25) is 0 Å². The number of alkyl halides is 3. The summed E-state index contributed by atoms with van der Waals surface area (Å²) in [5.41, 5.74) is 1.96. The number of ether oxygens (including phenoxy) is 2. The summed E-state index contributed by atoms with van der Waals surface area (Å²) in [6, 6.07) is 12.4. The van der Waals surface area contributed by atoms with Gasteiger partial charge in [0.15, 0.2) is 0 Å². The van der Waals surface area contributed by atoms with E-state index < -0.39 is 23.7 Å². The molecule has 3 aromatic rings. The number of hydrogen-bond acceptors (Lipinski definition) is 6. The normalized spacial score (nSPS) is 13.4. The molecule has 0 fully saturated rings. The van der Waals surface area contributed by atoms with Crippen molar-refractivity contribution in [1.29, 1.82) is 0 Å². The molecule has 10 heteroatoms. The smallest absolute Gasteiger partial charge is 0.423 e. The highest BCUT2D eigenvalue weighted by molar-refractivity contribution is 5.89. The van der Waals surface area contributed by atoms with Crippen molar-refractivity contribution in [2.45, 2.75) is 32.0 Å². The van der Waals surface area contributed by atoms with Crippen molar-refractivity contribution in [1.82, 2.24) is 9.97 Å². The molecule has 1 heterocycles. The fourth-order valence-electron chi connectivity index (χ4n) is 3.67. The Morgan fingerprint density at radius 2 is 1.82 bits per heavy atom. The lowest BCUT2D eigenvalue weighted by molar-refractivity contribution is -0.139. The van der Waals surface area contributed by atoms with E-state index in [1.807, 2.05) is 24.3 Å². The van der Waals surface area contributed by atoms with Crippen LogP contribution in [-0.2, 0) is 23.8 Å². The van der Waals surface area contributed by atoms with Gasteiger partial charge in [-0.05, 0) is 23.3 Å². The number of halogens is 3. The lowest BCUT2D eigenvalue weighted by Gasteiger charge is -2.18. The van der Waals surface area contributed by atoms with E-state index in [1.165, 1.54) is 14.0 Å². The van der Waals surface area contributed by atoms with E-state index >= 15 is 0 Å². The molecule has 2 aromatic carbocycles. The van der Waals surface area contributed by atoms with Gasteiger partial charge in [-0.15, -0.1) is 0 Å².